The first-order valence-corrected chi connectivity index (χ1v) is 6.73. The molecule has 108 valence electrons. The van der Waals surface area contributed by atoms with E-state index in [1.165, 1.54) is 0 Å². The molecule has 0 aliphatic heterocycles. The van der Waals surface area contributed by atoms with Crippen LogP contribution >= 0.6 is 11.6 Å². The summed E-state index contributed by atoms with van der Waals surface area (Å²) in [5.41, 5.74) is 1.38. The predicted molar refractivity (Wildman–Crippen MR) is 78.0 cm³/mol. The lowest BCUT2D eigenvalue weighted by Gasteiger charge is -2.33. The largest absolute Gasteiger partial charge is 0.480 e. The topological polar surface area (TPSA) is 57.8 Å². The third-order valence-corrected chi connectivity index (χ3v) is 3.32. The number of hydrogen-bond acceptors (Lipinski definition) is 3. The number of carboxylic acid groups (broad SMARTS) is 1. The molecule has 2 rings (SSSR count). The minimum Gasteiger partial charge on any atom is -0.480 e. The number of pyridine rings is 1. The molecule has 2 aromatic rings. The number of rotatable bonds is 4. The van der Waals surface area contributed by atoms with Gasteiger partial charge in [-0.15, -0.1) is 0 Å². The van der Waals surface area contributed by atoms with E-state index in [1.54, 1.807) is 12.3 Å². The Morgan fingerprint density at radius 2 is 2.10 bits per heavy atom. The fraction of sp³-hybridized carbons (Fsp3) is 0.429. The fourth-order valence-corrected chi connectivity index (χ4v) is 2.15. The van der Waals surface area contributed by atoms with Crippen LogP contribution in [0.25, 0.3) is 5.65 Å². The standard InChI is InChI=1S/C14H18ClN3O2/c1-14(2,3)18(9-13(19)20)8-11-7-17-6-10(15)4-5-12(17)16-11/h4-7H,8-9H2,1-3H3,(H,19,20). The maximum Gasteiger partial charge on any atom is 0.317 e. The monoisotopic (exact) mass is 295 g/mol. The zero-order chi connectivity index (χ0) is 14.9. The molecular weight excluding hydrogens is 278 g/mol. The average molecular weight is 296 g/mol. The van der Waals surface area contributed by atoms with Crippen LogP contribution in [-0.2, 0) is 11.3 Å². The second kappa shape index (κ2) is 5.42. The van der Waals surface area contributed by atoms with Gasteiger partial charge in [0.25, 0.3) is 0 Å². The highest BCUT2D eigenvalue weighted by atomic mass is 35.5. The molecule has 0 amide bonds. The van der Waals surface area contributed by atoms with Gasteiger partial charge in [0.2, 0.25) is 0 Å². The molecule has 0 aliphatic rings. The van der Waals surface area contributed by atoms with Crippen LogP contribution in [0, 0.1) is 0 Å². The van der Waals surface area contributed by atoms with Crippen molar-refractivity contribution in [3.05, 3.63) is 35.2 Å². The van der Waals surface area contributed by atoms with Crippen LogP contribution in [0.5, 0.6) is 0 Å². The molecule has 6 heteroatoms. The third kappa shape index (κ3) is 3.49. The highest BCUT2D eigenvalue weighted by Crippen LogP contribution is 2.18. The second-order valence-corrected chi connectivity index (χ2v) is 6.20. The lowest BCUT2D eigenvalue weighted by molar-refractivity contribution is -0.139. The molecule has 0 aliphatic carbocycles. The van der Waals surface area contributed by atoms with Crippen LogP contribution in [-0.4, -0.2) is 37.4 Å². The molecule has 0 saturated heterocycles. The van der Waals surface area contributed by atoms with E-state index in [2.05, 4.69) is 4.98 Å². The smallest absolute Gasteiger partial charge is 0.317 e. The first kappa shape index (κ1) is 14.8. The molecule has 0 bridgehead atoms. The molecule has 0 fully saturated rings. The fourth-order valence-electron chi connectivity index (χ4n) is 1.98. The Hall–Kier alpha value is -1.59. The summed E-state index contributed by atoms with van der Waals surface area (Å²) in [5, 5.41) is 9.66. The Kier molecular flexibility index (Phi) is 4.01. The molecule has 1 N–H and O–H groups in total. The average Bonchev–Trinajstić information content (AvgIpc) is 2.67. The summed E-state index contributed by atoms with van der Waals surface area (Å²) in [6.45, 7) is 6.43. The van der Waals surface area contributed by atoms with Crippen molar-refractivity contribution in [2.75, 3.05) is 6.54 Å². The van der Waals surface area contributed by atoms with Crippen LogP contribution in [0.15, 0.2) is 24.5 Å². The van der Waals surface area contributed by atoms with E-state index in [9.17, 15) is 4.79 Å². The van der Waals surface area contributed by atoms with E-state index < -0.39 is 5.97 Å². The van der Waals surface area contributed by atoms with Crippen LogP contribution in [0.1, 0.15) is 26.5 Å². The van der Waals surface area contributed by atoms with Crippen molar-refractivity contribution in [1.29, 1.82) is 0 Å². The van der Waals surface area contributed by atoms with Crippen molar-refractivity contribution in [3.63, 3.8) is 0 Å². The van der Waals surface area contributed by atoms with Gasteiger partial charge in [0.1, 0.15) is 5.65 Å². The number of nitrogens with zero attached hydrogens (tertiary/aromatic N) is 3. The number of imidazole rings is 1. The Bertz CT molecular complexity index is 631. The second-order valence-electron chi connectivity index (χ2n) is 5.77. The summed E-state index contributed by atoms with van der Waals surface area (Å²) in [6.07, 6.45) is 3.66. The van der Waals surface area contributed by atoms with Gasteiger partial charge in [-0.3, -0.25) is 9.69 Å². The highest BCUT2D eigenvalue weighted by Gasteiger charge is 2.24. The molecule has 5 nitrogen and oxygen atoms in total. The Morgan fingerprint density at radius 1 is 1.40 bits per heavy atom. The van der Waals surface area contributed by atoms with Crippen LogP contribution < -0.4 is 0 Å². The van der Waals surface area contributed by atoms with E-state index >= 15 is 0 Å². The molecule has 0 aromatic carbocycles. The number of carboxylic acids is 1. The normalized spacial score (nSPS) is 12.2. The van der Waals surface area contributed by atoms with Gasteiger partial charge in [0.05, 0.1) is 17.3 Å². The van der Waals surface area contributed by atoms with Gasteiger partial charge >= 0.3 is 5.97 Å². The van der Waals surface area contributed by atoms with Crippen LogP contribution in [0.2, 0.25) is 5.02 Å². The number of halogens is 1. The van der Waals surface area contributed by atoms with E-state index in [-0.39, 0.29) is 12.1 Å². The van der Waals surface area contributed by atoms with Crippen molar-refractivity contribution in [1.82, 2.24) is 14.3 Å². The minimum absolute atomic E-state index is 0.0157. The van der Waals surface area contributed by atoms with Crippen LogP contribution in [0.3, 0.4) is 0 Å². The van der Waals surface area contributed by atoms with E-state index in [0.29, 0.717) is 11.6 Å². The number of fused-ring (bicyclic) bond motifs is 1. The number of carbonyl (C=O) groups is 1. The molecule has 2 heterocycles. The van der Waals surface area contributed by atoms with E-state index in [4.69, 9.17) is 16.7 Å². The maximum atomic E-state index is 11.0. The molecule has 20 heavy (non-hydrogen) atoms. The van der Waals surface area contributed by atoms with Crippen molar-refractivity contribution in [3.8, 4) is 0 Å². The zero-order valence-electron chi connectivity index (χ0n) is 11.8. The van der Waals surface area contributed by atoms with Gasteiger partial charge in [0, 0.05) is 24.5 Å². The van der Waals surface area contributed by atoms with Gasteiger partial charge < -0.3 is 9.51 Å². The van der Waals surface area contributed by atoms with Crippen LogP contribution in [0.4, 0.5) is 0 Å². The number of aromatic nitrogens is 2. The molecule has 0 unspecified atom stereocenters. The van der Waals surface area contributed by atoms with E-state index in [0.717, 1.165) is 11.3 Å². The van der Waals surface area contributed by atoms with Gasteiger partial charge in [-0.2, -0.15) is 0 Å². The maximum absolute atomic E-state index is 11.0. The first-order valence-electron chi connectivity index (χ1n) is 6.36. The lowest BCUT2D eigenvalue weighted by atomic mass is 10.1. The molecule has 2 aromatic heterocycles. The number of hydrogen-bond donors (Lipinski definition) is 1. The van der Waals surface area contributed by atoms with Crippen molar-refractivity contribution in [2.45, 2.75) is 32.9 Å². The number of aliphatic carboxylic acids is 1. The van der Waals surface area contributed by atoms with Gasteiger partial charge in [-0.1, -0.05) is 11.6 Å². The minimum atomic E-state index is -0.841. The Morgan fingerprint density at radius 3 is 2.70 bits per heavy atom. The van der Waals surface area contributed by atoms with E-state index in [1.807, 2.05) is 42.3 Å². The summed E-state index contributed by atoms with van der Waals surface area (Å²) >= 11 is 5.94. The van der Waals surface area contributed by atoms with Gasteiger partial charge in [0.15, 0.2) is 0 Å². The molecule has 0 saturated carbocycles. The quantitative estimate of drug-likeness (QED) is 0.942. The molecule has 0 spiro atoms. The lowest BCUT2D eigenvalue weighted by Crippen LogP contribution is -2.43. The highest BCUT2D eigenvalue weighted by molar-refractivity contribution is 6.30. The molecule has 0 atom stereocenters. The summed E-state index contributed by atoms with van der Waals surface area (Å²) in [4.78, 5) is 17.3. The summed E-state index contributed by atoms with van der Waals surface area (Å²) < 4.78 is 1.85. The molecule has 0 radical (unpaired) electrons. The third-order valence-electron chi connectivity index (χ3n) is 3.09. The summed E-state index contributed by atoms with van der Waals surface area (Å²) in [5.74, 6) is -0.841. The van der Waals surface area contributed by atoms with Crippen molar-refractivity contribution >= 4 is 23.2 Å². The summed E-state index contributed by atoms with van der Waals surface area (Å²) in [7, 11) is 0. The SMILES string of the molecule is CC(C)(C)N(CC(=O)O)Cc1cn2cc(Cl)ccc2n1. The van der Waals surface area contributed by atoms with Crippen molar-refractivity contribution < 1.29 is 9.90 Å². The molecular formula is C14H18ClN3O2. The Balaban J connectivity index is 2.26. The predicted octanol–water partition coefficient (Wildman–Crippen LogP) is 2.67. The van der Waals surface area contributed by atoms with Gasteiger partial charge in [-0.25, -0.2) is 4.98 Å². The Labute approximate surface area is 122 Å². The van der Waals surface area contributed by atoms with Gasteiger partial charge in [-0.05, 0) is 32.9 Å². The zero-order valence-corrected chi connectivity index (χ0v) is 12.6. The summed E-state index contributed by atoms with van der Waals surface area (Å²) in [6, 6.07) is 3.62. The van der Waals surface area contributed by atoms with Crippen molar-refractivity contribution in [2.24, 2.45) is 0 Å². The first-order chi connectivity index (χ1) is 9.25.